The van der Waals surface area contributed by atoms with E-state index in [0.29, 0.717) is 19.3 Å². The summed E-state index contributed by atoms with van der Waals surface area (Å²) in [5.74, 6) is 0. The Bertz CT molecular complexity index is 394. The molecule has 2 N–H and O–H groups in total. The lowest BCUT2D eigenvalue weighted by Crippen LogP contribution is -2.35. The predicted molar refractivity (Wildman–Crippen MR) is 69.8 cm³/mol. The Morgan fingerprint density at radius 1 is 1.28 bits per heavy atom. The van der Waals surface area contributed by atoms with Gasteiger partial charge in [-0.1, -0.05) is 30.3 Å². The fourth-order valence-corrected chi connectivity index (χ4v) is 1.92. The van der Waals surface area contributed by atoms with Gasteiger partial charge < -0.3 is 10.4 Å². The van der Waals surface area contributed by atoms with E-state index < -0.39 is 6.09 Å². The Hall–Kier alpha value is -1.55. The monoisotopic (exact) mass is 269 g/mol. The van der Waals surface area contributed by atoms with Gasteiger partial charge in [-0.15, -0.1) is 0 Å². The van der Waals surface area contributed by atoms with Gasteiger partial charge in [0.1, 0.15) is 0 Å². The number of halogens is 1. The lowest BCUT2D eigenvalue weighted by atomic mass is 10.0. The molecule has 0 heterocycles. The molecule has 0 aliphatic carbocycles. The predicted octanol–water partition coefficient (Wildman–Crippen LogP) is 2.80. The molecule has 0 radical (unpaired) electrons. The quantitative estimate of drug-likeness (QED) is 0.748. The maximum Gasteiger partial charge on any atom is 0.404 e. The molecule has 5 heteroatoms. The largest absolute Gasteiger partial charge is 0.465 e. The third kappa shape index (κ3) is 6.25. The van der Waals surface area contributed by atoms with E-state index in [1.54, 1.807) is 0 Å². The van der Waals surface area contributed by atoms with Gasteiger partial charge in [-0.05, 0) is 36.4 Å². The van der Waals surface area contributed by atoms with Crippen LogP contribution in [-0.2, 0) is 11.2 Å². The molecule has 98 valence electrons. The maximum absolute atomic E-state index is 10.7. The van der Waals surface area contributed by atoms with Crippen LogP contribution in [0.1, 0.15) is 24.8 Å². The number of carboxylic acid groups (broad SMARTS) is 1. The highest BCUT2D eigenvalue weighted by atomic mass is 35.5. The molecule has 1 rings (SSSR count). The zero-order valence-corrected chi connectivity index (χ0v) is 10.7. The van der Waals surface area contributed by atoms with Crippen molar-refractivity contribution in [1.82, 2.24) is 5.32 Å². The van der Waals surface area contributed by atoms with Gasteiger partial charge in [-0.3, -0.25) is 4.79 Å². The van der Waals surface area contributed by atoms with Gasteiger partial charge >= 0.3 is 6.09 Å². The first kappa shape index (κ1) is 14.5. The minimum absolute atomic E-state index is 0.194. The second-order valence-electron chi connectivity index (χ2n) is 4.08. The van der Waals surface area contributed by atoms with Crippen molar-refractivity contribution in [1.29, 1.82) is 0 Å². The zero-order valence-electron chi connectivity index (χ0n) is 9.93. The summed E-state index contributed by atoms with van der Waals surface area (Å²) in [6.07, 6.45) is 1.02. The van der Waals surface area contributed by atoms with E-state index in [0.717, 1.165) is 5.56 Å². The van der Waals surface area contributed by atoms with Crippen molar-refractivity contribution in [3.63, 3.8) is 0 Å². The van der Waals surface area contributed by atoms with Gasteiger partial charge in [0.05, 0.1) is 0 Å². The average molecular weight is 270 g/mol. The van der Waals surface area contributed by atoms with E-state index in [1.165, 1.54) is 0 Å². The Morgan fingerprint density at radius 3 is 2.50 bits per heavy atom. The second-order valence-corrected chi connectivity index (χ2v) is 4.51. The Labute approximate surface area is 111 Å². The topological polar surface area (TPSA) is 66.4 Å². The second kappa shape index (κ2) is 7.71. The van der Waals surface area contributed by atoms with Crippen LogP contribution in [-0.4, -0.2) is 22.5 Å². The summed E-state index contributed by atoms with van der Waals surface area (Å²) in [5.41, 5.74) is 1.06. The number of rotatable bonds is 7. The lowest BCUT2D eigenvalue weighted by Gasteiger charge is -2.16. The van der Waals surface area contributed by atoms with Crippen LogP contribution in [0.15, 0.2) is 30.3 Å². The van der Waals surface area contributed by atoms with Crippen molar-refractivity contribution in [3.8, 4) is 0 Å². The number of hydrogen-bond donors (Lipinski definition) is 2. The fourth-order valence-electron chi connectivity index (χ4n) is 1.79. The van der Waals surface area contributed by atoms with E-state index in [4.69, 9.17) is 16.7 Å². The van der Waals surface area contributed by atoms with E-state index in [2.05, 4.69) is 5.32 Å². The molecule has 0 aromatic heterocycles. The van der Waals surface area contributed by atoms with Gasteiger partial charge in [0.15, 0.2) is 0 Å². The molecule has 1 aromatic carbocycles. The molecule has 0 aliphatic heterocycles. The van der Waals surface area contributed by atoms with Crippen LogP contribution in [0.25, 0.3) is 0 Å². The van der Waals surface area contributed by atoms with Crippen LogP contribution in [0.2, 0.25) is 0 Å². The maximum atomic E-state index is 10.7. The molecule has 0 saturated carbocycles. The summed E-state index contributed by atoms with van der Waals surface area (Å²) in [7, 11) is 0. The summed E-state index contributed by atoms with van der Waals surface area (Å²) in [6, 6.07) is 9.44. The van der Waals surface area contributed by atoms with E-state index in [1.807, 2.05) is 30.3 Å². The molecule has 0 aliphatic rings. The summed E-state index contributed by atoms with van der Waals surface area (Å²) in [4.78, 5) is 21.3. The minimum Gasteiger partial charge on any atom is -0.465 e. The van der Waals surface area contributed by atoms with Crippen molar-refractivity contribution in [2.45, 2.75) is 31.7 Å². The number of hydrogen-bond acceptors (Lipinski definition) is 2. The molecule has 0 bridgehead atoms. The first-order valence-electron chi connectivity index (χ1n) is 5.79. The summed E-state index contributed by atoms with van der Waals surface area (Å²) < 4.78 is 0. The van der Waals surface area contributed by atoms with Crippen molar-refractivity contribution in [3.05, 3.63) is 35.9 Å². The van der Waals surface area contributed by atoms with Gasteiger partial charge in [0, 0.05) is 12.5 Å². The standard InChI is InChI=1S/C13H16ClNO3/c14-12(16)8-4-7-11(15-13(17)18)9-10-5-2-1-3-6-10/h1-3,5-6,11,15H,4,7-9H2,(H,17,18). The highest BCUT2D eigenvalue weighted by Crippen LogP contribution is 2.10. The van der Waals surface area contributed by atoms with Gasteiger partial charge in [0.2, 0.25) is 5.24 Å². The molecule has 0 fully saturated rings. The fraction of sp³-hybridized carbons (Fsp3) is 0.385. The number of nitrogens with one attached hydrogen (secondary N) is 1. The molecule has 1 amide bonds. The van der Waals surface area contributed by atoms with Gasteiger partial charge in [-0.25, -0.2) is 4.79 Å². The number of benzene rings is 1. The summed E-state index contributed by atoms with van der Waals surface area (Å²) in [5, 5.41) is 10.8. The molecule has 1 atom stereocenters. The van der Waals surface area contributed by atoms with Gasteiger partial charge in [-0.2, -0.15) is 0 Å². The minimum atomic E-state index is -1.05. The smallest absolute Gasteiger partial charge is 0.404 e. The van der Waals surface area contributed by atoms with Crippen LogP contribution in [0.3, 0.4) is 0 Å². The van der Waals surface area contributed by atoms with Crippen molar-refractivity contribution >= 4 is 22.9 Å². The Morgan fingerprint density at radius 2 is 1.94 bits per heavy atom. The van der Waals surface area contributed by atoms with E-state index in [9.17, 15) is 9.59 Å². The zero-order chi connectivity index (χ0) is 13.4. The lowest BCUT2D eigenvalue weighted by molar-refractivity contribution is -0.111. The van der Waals surface area contributed by atoms with Crippen molar-refractivity contribution < 1.29 is 14.7 Å². The van der Waals surface area contributed by atoms with Crippen molar-refractivity contribution in [2.75, 3.05) is 0 Å². The van der Waals surface area contributed by atoms with Crippen LogP contribution >= 0.6 is 11.6 Å². The molecule has 1 unspecified atom stereocenters. The van der Waals surface area contributed by atoms with Crippen molar-refractivity contribution in [2.24, 2.45) is 0 Å². The summed E-state index contributed by atoms with van der Waals surface area (Å²) in [6.45, 7) is 0. The van der Waals surface area contributed by atoms with E-state index in [-0.39, 0.29) is 17.7 Å². The molecule has 0 spiro atoms. The normalized spacial score (nSPS) is 11.8. The van der Waals surface area contributed by atoms with Crippen LogP contribution in [0, 0.1) is 0 Å². The highest BCUT2D eigenvalue weighted by molar-refractivity contribution is 6.63. The van der Waals surface area contributed by atoms with Crippen LogP contribution in [0.4, 0.5) is 4.79 Å². The Balaban J connectivity index is 2.50. The molecular formula is C13H16ClNO3. The van der Waals surface area contributed by atoms with Crippen LogP contribution in [0.5, 0.6) is 0 Å². The molecular weight excluding hydrogens is 254 g/mol. The van der Waals surface area contributed by atoms with Crippen LogP contribution < -0.4 is 5.32 Å². The first-order chi connectivity index (χ1) is 8.58. The average Bonchev–Trinajstić information content (AvgIpc) is 2.28. The number of carbonyl (C=O) groups is 2. The SMILES string of the molecule is O=C(Cl)CCCC(Cc1ccccc1)NC(=O)O. The Kier molecular flexibility index (Phi) is 6.22. The van der Waals surface area contributed by atoms with Gasteiger partial charge in [0.25, 0.3) is 0 Å². The molecule has 0 saturated heterocycles. The molecule has 18 heavy (non-hydrogen) atoms. The van der Waals surface area contributed by atoms with E-state index >= 15 is 0 Å². The number of carbonyl (C=O) groups excluding carboxylic acids is 1. The molecule has 4 nitrogen and oxygen atoms in total. The first-order valence-corrected chi connectivity index (χ1v) is 6.17. The number of amides is 1. The molecule has 1 aromatic rings. The highest BCUT2D eigenvalue weighted by Gasteiger charge is 2.12. The summed E-state index contributed by atoms with van der Waals surface area (Å²) >= 11 is 5.25. The third-order valence-electron chi connectivity index (χ3n) is 2.58. The third-order valence-corrected chi connectivity index (χ3v) is 2.77.